The van der Waals surface area contributed by atoms with E-state index < -0.39 is 4.92 Å². The molecule has 19 heavy (non-hydrogen) atoms. The molecule has 0 amide bonds. The van der Waals surface area contributed by atoms with Crippen LogP contribution in [-0.2, 0) is 0 Å². The normalized spacial score (nSPS) is 11.3. The average molecular weight is 257 g/mol. The fourth-order valence-electron chi connectivity index (χ4n) is 1.76. The lowest BCUT2D eigenvalue weighted by atomic mass is 10.0. The van der Waals surface area contributed by atoms with Gasteiger partial charge in [0.05, 0.1) is 10.5 Å². The monoisotopic (exact) mass is 257 g/mol. The van der Waals surface area contributed by atoms with E-state index in [2.05, 4.69) is 5.16 Å². The van der Waals surface area contributed by atoms with Crippen molar-refractivity contribution in [2.75, 3.05) is 0 Å². The van der Waals surface area contributed by atoms with E-state index in [4.69, 9.17) is 10.9 Å². The maximum absolute atomic E-state index is 11.0. The molecule has 0 unspecified atom stereocenters. The standard InChI is InChI=1S/C13H11N3O3/c14-13(15-17)11-7-6-10(8-12(11)16(18)19)9-4-2-1-3-5-9/h1-8,17H,(H2,14,15). The molecule has 0 heterocycles. The summed E-state index contributed by atoms with van der Waals surface area (Å²) in [6.07, 6.45) is 0. The Kier molecular flexibility index (Phi) is 3.42. The second-order valence-electron chi connectivity index (χ2n) is 3.84. The van der Waals surface area contributed by atoms with Crippen LogP contribution in [0, 0.1) is 10.1 Å². The molecule has 0 aliphatic heterocycles. The smallest absolute Gasteiger partial charge is 0.281 e. The van der Waals surface area contributed by atoms with Gasteiger partial charge in [0, 0.05) is 6.07 Å². The second kappa shape index (κ2) is 5.18. The minimum Gasteiger partial charge on any atom is -0.409 e. The third-order valence-corrected chi connectivity index (χ3v) is 2.69. The number of benzene rings is 2. The first-order chi connectivity index (χ1) is 9.13. The zero-order valence-corrected chi connectivity index (χ0v) is 9.85. The fourth-order valence-corrected chi connectivity index (χ4v) is 1.76. The molecule has 0 aliphatic rings. The number of nitro benzene ring substituents is 1. The highest BCUT2D eigenvalue weighted by Crippen LogP contribution is 2.27. The molecule has 2 aromatic rings. The number of amidine groups is 1. The molecule has 0 radical (unpaired) electrons. The minimum absolute atomic E-state index is 0.0900. The summed E-state index contributed by atoms with van der Waals surface area (Å²) in [5.41, 5.74) is 6.86. The molecular formula is C13H11N3O3. The van der Waals surface area contributed by atoms with Crippen LogP contribution in [0.3, 0.4) is 0 Å². The molecule has 2 aromatic carbocycles. The number of nitrogens with zero attached hydrogens (tertiary/aromatic N) is 2. The Bertz CT molecular complexity index is 639. The molecule has 0 atom stereocenters. The Balaban J connectivity index is 2.58. The van der Waals surface area contributed by atoms with Crippen molar-refractivity contribution in [3.63, 3.8) is 0 Å². The molecule has 6 heteroatoms. The van der Waals surface area contributed by atoms with E-state index in [1.807, 2.05) is 30.3 Å². The van der Waals surface area contributed by atoms with E-state index >= 15 is 0 Å². The molecule has 2 rings (SSSR count). The highest BCUT2D eigenvalue weighted by Gasteiger charge is 2.18. The zero-order valence-electron chi connectivity index (χ0n) is 9.85. The molecule has 6 nitrogen and oxygen atoms in total. The predicted molar refractivity (Wildman–Crippen MR) is 71.0 cm³/mol. The maximum Gasteiger partial charge on any atom is 0.281 e. The van der Waals surface area contributed by atoms with Gasteiger partial charge in [0.25, 0.3) is 5.69 Å². The van der Waals surface area contributed by atoms with E-state index in [-0.39, 0.29) is 17.1 Å². The Morgan fingerprint density at radius 3 is 2.42 bits per heavy atom. The van der Waals surface area contributed by atoms with Gasteiger partial charge >= 0.3 is 0 Å². The molecule has 0 saturated heterocycles. The minimum atomic E-state index is -0.556. The summed E-state index contributed by atoms with van der Waals surface area (Å²) in [5.74, 6) is -0.286. The van der Waals surface area contributed by atoms with Gasteiger partial charge in [-0.15, -0.1) is 0 Å². The van der Waals surface area contributed by atoms with Gasteiger partial charge in [0.2, 0.25) is 0 Å². The van der Waals surface area contributed by atoms with Gasteiger partial charge < -0.3 is 10.9 Å². The van der Waals surface area contributed by atoms with Crippen LogP contribution in [0.5, 0.6) is 0 Å². The number of nitro groups is 1. The summed E-state index contributed by atoms with van der Waals surface area (Å²) in [4.78, 5) is 10.5. The molecule has 0 aliphatic carbocycles. The zero-order chi connectivity index (χ0) is 13.8. The lowest BCUT2D eigenvalue weighted by Gasteiger charge is -2.05. The topological polar surface area (TPSA) is 102 Å². The van der Waals surface area contributed by atoms with Crippen LogP contribution in [0.4, 0.5) is 5.69 Å². The highest BCUT2D eigenvalue weighted by atomic mass is 16.6. The van der Waals surface area contributed by atoms with Gasteiger partial charge in [0.15, 0.2) is 5.84 Å². The Labute approximate surface area is 108 Å². The Hall–Kier alpha value is -2.89. The molecule has 96 valence electrons. The maximum atomic E-state index is 11.0. The van der Waals surface area contributed by atoms with Crippen LogP contribution >= 0.6 is 0 Å². The van der Waals surface area contributed by atoms with Gasteiger partial charge in [-0.25, -0.2) is 0 Å². The van der Waals surface area contributed by atoms with Crippen molar-refractivity contribution in [3.8, 4) is 11.1 Å². The molecule has 0 fully saturated rings. The van der Waals surface area contributed by atoms with Gasteiger partial charge in [0.1, 0.15) is 0 Å². The van der Waals surface area contributed by atoms with Gasteiger partial charge in [-0.2, -0.15) is 0 Å². The number of rotatable bonds is 3. The molecular weight excluding hydrogens is 246 g/mol. The van der Waals surface area contributed by atoms with Crippen LogP contribution in [0.25, 0.3) is 11.1 Å². The first-order valence-electron chi connectivity index (χ1n) is 5.45. The Morgan fingerprint density at radius 1 is 1.16 bits per heavy atom. The quantitative estimate of drug-likeness (QED) is 0.289. The first-order valence-corrected chi connectivity index (χ1v) is 5.45. The summed E-state index contributed by atoms with van der Waals surface area (Å²) < 4.78 is 0. The molecule has 0 saturated carbocycles. The van der Waals surface area contributed by atoms with Crippen LogP contribution < -0.4 is 5.73 Å². The van der Waals surface area contributed by atoms with Gasteiger partial charge in [-0.1, -0.05) is 41.6 Å². The van der Waals surface area contributed by atoms with Crippen molar-refractivity contribution in [1.82, 2.24) is 0 Å². The van der Waals surface area contributed by atoms with E-state index in [1.165, 1.54) is 12.1 Å². The van der Waals surface area contributed by atoms with Crippen molar-refractivity contribution in [2.45, 2.75) is 0 Å². The summed E-state index contributed by atoms with van der Waals surface area (Å²) >= 11 is 0. The van der Waals surface area contributed by atoms with Crippen molar-refractivity contribution >= 4 is 11.5 Å². The van der Waals surface area contributed by atoms with Crippen LogP contribution in [0.15, 0.2) is 53.7 Å². The summed E-state index contributed by atoms with van der Waals surface area (Å²) in [5, 5.41) is 22.5. The van der Waals surface area contributed by atoms with Crippen molar-refractivity contribution < 1.29 is 10.1 Å². The number of hydrogen-bond acceptors (Lipinski definition) is 4. The lowest BCUT2D eigenvalue weighted by molar-refractivity contribution is -0.385. The van der Waals surface area contributed by atoms with E-state index in [1.54, 1.807) is 6.07 Å². The van der Waals surface area contributed by atoms with Crippen molar-refractivity contribution in [1.29, 1.82) is 0 Å². The SMILES string of the molecule is NC(=NO)c1ccc(-c2ccccc2)cc1[N+](=O)[O-]. The average Bonchev–Trinajstić information content (AvgIpc) is 2.46. The molecule has 0 bridgehead atoms. The van der Waals surface area contributed by atoms with E-state index in [0.717, 1.165) is 5.56 Å². The van der Waals surface area contributed by atoms with Crippen LogP contribution in [-0.4, -0.2) is 16.0 Å². The van der Waals surface area contributed by atoms with Crippen molar-refractivity contribution in [3.05, 3.63) is 64.2 Å². The largest absolute Gasteiger partial charge is 0.409 e. The molecule has 0 spiro atoms. The van der Waals surface area contributed by atoms with E-state index in [0.29, 0.717) is 5.56 Å². The lowest BCUT2D eigenvalue weighted by Crippen LogP contribution is -2.15. The first kappa shape index (κ1) is 12.6. The van der Waals surface area contributed by atoms with Gasteiger partial charge in [-0.05, 0) is 17.2 Å². The summed E-state index contributed by atoms with van der Waals surface area (Å²) in [6, 6.07) is 13.8. The third-order valence-electron chi connectivity index (χ3n) is 2.69. The van der Waals surface area contributed by atoms with E-state index in [9.17, 15) is 10.1 Å². The number of nitrogens with two attached hydrogens (primary N) is 1. The number of hydrogen-bond donors (Lipinski definition) is 2. The van der Waals surface area contributed by atoms with Crippen molar-refractivity contribution in [2.24, 2.45) is 10.9 Å². The van der Waals surface area contributed by atoms with Crippen LogP contribution in [0.1, 0.15) is 5.56 Å². The molecule has 3 N–H and O–H groups in total. The second-order valence-corrected chi connectivity index (χ2v) is 3.84. The van der Waals surface area contributed by atoms with Crippen LogP contribution in [0.2, 0.25) is 0 Å². The highest BCUT2D eigenvalue weighted by molar-refractivity contribution is 6.01. The molecule has 0 aromatic heterocycles. The summed E-state index contributed by atoms with van der Waals surface area (Å²) in [6.45, 7) is 0. The Morgan fingerprint density at radius 2 is 1.84 bits per heavy atom. The fraction of sp³-hybridized carbons (Fsp3) is 0. The number of oxime groups is 1. The third kappa shape index (κ3) is 2.52. The summed E-state index contributed by atoms with van der Waals surface area (Å²) in [7, 11) is 0. The van der Waals surface area contributed by atoms with Gasteiger partial charge in [-0.3, -0.25) is 10.1 Å². The predicted octanol–water partition coefficient (Wildman–Crippen LogP) is 2.36.